The van der Waals surface area contributed by atoms with Gasteiger partial charge in [0.05, 0.1) is 39.0 Å². The number of carbonyl (C=O) groups is 1. The van der Waals surface area contributed by atoms with Crippen LogP contribution >= 0.6 is 11.6 Å². The molecule has 0 amide bonds. The van der Waals surface area contributed by atoms with E-state index in [-0.39, 0.29) is 39.5 Å². The number of nitrogens with one attached hydrogen (secondary N) is 11. The van der Waals surface area contributed by atoms with Crippen molar-refractivity contribution >= 4 is 114 Å². The van der Waals surface area contributed by atoms with Gasteiger partial charge in [-0.05, 0) is 149 Å². The molecule has 4 aromatic carbocycles. The molecular weight excluding hydrogens is 1430 g/mol. The summed E-state index contributed by atoms with van der Waals surface area (Å²) in [5.41, 5.74) is 10.8. The van der Waals surface area contributed by atoms with E-state index in [2.05, 4.69) is 129 Å². The molecule has 576 valence electrons. The summed E-state index contributed by atoms with van der Waals surface area (Å²) < 4.78 is 54.7. The molecule has 0 atom stereocenters. The number of benzene rings is 4. The molecule has 0 spiro atoms. The molecule has 13 N–H and O–H groups in total. The van der Waals surface area contributed by atoms with E-state index in [0.717, 1.165) is 57.4 Å². The number of anilines is 12. The third kappa shape index (κ3) is 21.4. The highest BCUT2D eigenvalue weighted by atomic mass is 35.5. The number of nitrogens with zero attached hydrogens (tertiary/aromatic N) is 13. The smallest absolute Gasteiger partial charge is 0.302 e. The van der Waals surface area contributed by atoms with Crippen molar-refractivity contribution in [1.29, 1.82) is 5.26 Å². The number of halogens is 1. The number of H-pyrrole nitrogens is 4. The first-order chi connectivity index (χ1) is 52.4. The van der Waals surface area contributed by atoms with Gasteiger partial charge in [-0.2, -0.15) is 35.6 Å². The molecule has 0 radical (unpaired) electrons. The zero-order valence-corrected chi connectivity index (χ0v) is 61.0. The number of sulfonamides is 2. The minimum Gasteiger partial charge on any atom is -0.462 e. The zero-order valence-electron chi connectivity index (χ0n) is 58.6. The Bertz CT molecular complexity index is 5440. The molecule has 4 aliphatic carbocycles. The molecule has 12 aromatic rings. The van der Waals surface area contributed by atoms with Gasteiger partial charge in [0, 0.05) is 148 Å². The summed E-state index contributed by atoms with van der Waals surface area (Å²) in [6.45, 7) is 3.92. The number of aromatic amines is 4. The maximum atomic E-state index is 12.2. The Morgan fingerprint density at radius 3 is 1.80 bits per heavy atom. The van der Waals surface area contributed by atoms with E-state index in [4.69, 9.17) is 26.7 Å². The van der Waals surface area contributed by atoms with Crippen LogP contribution in [0.4, 0.5) is 69.8 Å². The first-order valence-electron chi connectivity index (χ1n) is 34.9. The van der Waals surface area contributed by atoms with E-state index < -0.39 is 20.0 Å². The van der Waals surface area contributed by atoms with Crippen molar-refractivity contribution in [2.45, 2.75) is 112 Å². The van der Waals surface area contributed by atoms with Gasteiger partial charge in [-0.25, -0.2) is 56.6 Å². The number of primary sulfonamides is 1. The molecule has 4 aliphatic rings. The summed E-state index contributed by atoms with van der Waals surface area (Å²) in [7, 11) is -7.24. The first kappa shape index (κ1) is 73.9. The van der Waals surface area contributed by atoms with Gasteiger partial charge >= 0.3 is 5.97 Å². The van der Waals surface area contributed by atoms with E-state index in [0.29, 0.717) is 117 Å². The van der Waals surface area contributed by atoms with Gasteiger partial charge in [0.15, 0.2) is 29.1 Å². The third-order valence-corrected chi connectivity index (χ3v) is 19.6. The molecule has 0 bridgehead atoms. The second-order valence-corrected chi connectivity index (χ2v) is 29.5. The van der Waals surface area contributed by atoms with E-state index in [1.807, 2.05) is 67.6 Å². The Morgan fingerprint density at radius 1 is 0.593 bits per heavy atom. The van der Waals surface area contributed by atoms with Crippen molar-refractivity contribution in [1.82, 2.24) is 85.4 Å². The molecule has 108 heavy (non-hydrogen) atoms. The molecule has 8 heterocycles. The lowest BCUT2D eigenvalue weighted by atomic mass is 10.2. The highest BCUT2D eigenvalue weighted by Crippen LogP contribution is 2.42. The number of hydrogen-bond donors (Lipinski definition) is 12. The van der Waals surface area contributed by atoms with Crippen molar-refractivity contribution < 1.29 is 43.5 Å². The summed E-state index contributed by atoms with van der Waals surface area (Å²) in [6.07, 6.45) is 21.2. The van der Waals surface area contributed by atoms with Crippen molar-refractivity contribution in [3.63, 3.8) is 0 Å². The summed E-state index contributed by atoms with van der Waals surface area (Å²) in [5.74, 6) is 7.64. The largest absolute Gasteiger partial charge is 0.462 e. The van der Waals surface area contributed by atoms with Crippen LogP contribution in [0.3, 0.4) is 0 Å². The Hall–Kier alpha value is -12.4. The second kappa shape index (κ2) is 34.3. The Kier molecular flexibility index (Phi) is 23.5. The minimum absolute atomic E-state index is 0. The zero-order chi connectivity index (χ0) is 75.0. The number of nitrogens with two attached hydrogens (primary N) is 1. The number of nitriles is 1. The molecule has 4 saturated carbocycles. The highest BCUT2D eigenvalue weighted by molar-refractivity contribution is 7.89. The van der Waals surface area contributed by atoms with Crippen molar-refractivity contribution in [2.24, 2.45) is 5.14 Å². The van der Waals surface area contributed by atoms with Crippen LogP contribution < -0.4 is 41.8 Å². The van der Waals surface area contributed by atoms with Gasteiger partial charge in [-0.15, -0.1) is 0 Å². The van der Waals surface area contributed by atoms with Crippen LogP contribution in [-0.2, 0) is 36.0 Å². The van der Waals surface area contributed by atoms with Gasteiger partial charge < -0.3 is 36.6 Å². The Labute approximate surface area is 644 Å². The number of hydrogen-bond acceptors (Lipinski definition) is 25. The predicted octanol–water partition coefficient (Wildman–Crippen LogP) is 16.4. The van der Waals surface area contributed by atoms with Gasteiger partial charge in [-0.3, -0.25) is 25.2 Å². The summed E-state index contributed by atoms with van der Waals surface area (Å²) in [4.78, 5) is 46.2. The highest BCUT2D eigenvalue weighted by Gasteiger charge is 2.29. The maximum Gasteiger partial charge on any atom is 0.302 e. The SMILES string of the molecule is CC(=O)OC/C=C/c1cnc(-c2ccccc2)nc1Nc1cc(C2CC2)[nH]n1.CCCNS(=O)(=O)c1ccc(Nc2nccc(Cc3cc(C4CC4)n[nH]3)n2)cc1.N#Cc1ccc(Nc2ncc(Cl)c(Nc3cc(C4CC4)[nH]n3)n2)cc1.NS(=O)(=O)c1cccc(Nc2nccc(Nc3cc(C4CC4)[nH]n3)n2)c1.[HH].[HH].[HH].[HH].[HH].[HH].[HH].[HH].[HH].[HH].[HH].[HH]. The monoisotopic (exact) mass is 1530 g/mol. The fourth-order valence-electron chi connectivity index (χ4n) is 10.7. The molecule has 31 nitrogen and oxygen atoms in total. The molecule has 0 aliphatic heterocycles. The van der Waals surface area contributed by atoms with E-state index in [1.165, 1.54) is 76.6 Å². The fraction of sp³-hybridized carbons (Fsp3) is 0.243. The number of carbonyl (C=O) groups excluding carboxylic acids is 1. The van der Waals surface area contributed by atoms with Gasteiger partial charge in [0.2, 0.25) is 37.9 Å². The first-order valence-corrected chi connectivity index (χ1v) is 38.3. The summed E-state index contributed by atoms with van der Waals surface area (Å²) in [6, 6.07) is 43.3. The average molecular weight is 1540 g/mol. The minimum atomic E-state index is -3.77. The lowest BCUT2D eigenvalue weighted by Gasteiger charge is -2.09. The molecule has 0 saturated heterocycles. The van der Waals surface area contributed by atoms with Crippen LogP contribution in [0.15, 0.2) is 180 Å². The summed E-state index contributed by atoms with van der Waals surface area (Å²) >= 11 is 6.18. The lowest BCUT2D eigenvalue weighted by Crippen LogP contribution is -2.24. The standard InChI is InChI=1S/C21H21N5O2.C20H24N6O2S.C17H14ClN7.C16H17N7O2S.12H2/c1-14(27)28-11-5-8-17-13-22-20(16-6-3-2-4-7-16)24-21(17)23-19-12-18(25-26-19)15-9-10-15;1-2-10-22-29(27,28)18-7-5-15(6-8-18)23-20-21-11-9-16(24-20)12-17-13-19(26-25-17)14-3-4-14;18-13-9-20-17(21-12-5-1-10(8-19)2-6-12)23-16(13)22-15-7-14(24-25-15)11-3-4-11;17-26(24,25)12-3-1-2-11(8-12)19-16-18-7-6-14(21-16)20-15-9-13(22-23-15)10-4-5-10;;;;;;;;;;;;/h2-8,12-13,15H,9-11H2,1H3,(H2,22,23,24,25,26);5-9,11,13-14,22H,2-4,10,12H2,1H3,(H,25,26)(H,21,23,24);1-2,5-7,9,11H,3-4H2,(H3,20,21,22,23,24,25);1-3,6-10H,4-5H2,(H2,17,24,25)(H3,18,19,20,21,22,23);12*1H/b8-5+;;;;;;;;;;;;;;;. The third-order valence-electron chi connectivity index (χ3n) is 16.9. The van der Waals surface area contributed by atoms with E-state index in [1.54, 1.807) is 91.4 Å². The van der Waals surface area contributed by atoms with Crippen LogP contribution in [0.1, 0.15) is 158 Å². The molecular formula is C74H100ClN25O6S2. The fourth-order valence-corrected chi connectivity index (χ4v) is 12.5. The molecule has 16 rings (SSSR count). The average Bonchev–Trinajstić information content (AvgIpc) is 1.43. The second-order valence-electron chi connectivity index (χ2n) is 25.7. The number of rotatable bonds is 27. The van der Waals surface area contributed by atoms with Crippen molar-refractivity contribution in [2.75, 3.05) is 45.1 Å². The van der Waals surface area contributed by atoms with Crippen LogP contribution in [-0.4, -0.2) is 117 Å². The molecule has 34 heteroatoms. The van der Waals surface area contributed by atoms with Crippen LogP contribution in [0.5, 0.6) is 0 Å². The van der Waals surface area contributed by atoms with Gasteiger partial charge in [-0.1, -0.05) is 61.0 Å². The Morgan fingerprint density at radius 2 is 1.19 bits per heavy atom. The molecule has 4 fully saturated rings. The van der Waals surface area contributed by atoms with E-state index in [9.17, 15) is 21.6 Å². The molecule has 8 aromatic heterocycles. The van der Waals surface area contributed by atoms with E-state index >= 15 is 0 Å². The van der Waals surface area contributed by atoms with Crippen molar-refractivity contribution in [3.05, 3.63) is 221 Å². The summed E-state index contributed by atoms with van der Waals surface area (Å²) in [5, 5.41) is 62.5. The number of ether oxygens (including phenoxy) is 1. The predicted molar refractivity (Wildman–Crippen MR) is 435 cm³/mol. The topological polar surface area (TPSA) is 446 Å². The molecule has 0 unspecified atom stereocenters. The van der Waals surface area contributed by atoms with Crippen LogP contribution in [0, 0.1) is 11.3 Å². The van der Waals surface area contributed by atoms with Gasteiger partial charge in [0.25, 0.3) is 0 Å². The van der Waals surface area contributed by atoms with Crippen LogP contribution in [0.25, 0.3) is 17.5 Å². The maximum absolute atomic E-state index is 12.2. The lowest BCUT2D eigenvalue weighted by molar-refractivity contribution is -0.139. The Balaban J connectivity index is 0.000000775. The number of aromatic nitrogens is 16. The van der Waals surface area contributed by atoms with Crippen LogP contribution in [0.2, 0.25) is 5.02 Å². The normalized spacial score (nSPS) is 13.8. The number of esters is 1. The van der Waals surface area contributed by atoms with Crippen molar-refractivity contribution in [3.8, 4) is 17.5 Å². The van der Waals surface area contributed by atoms with Gasteiger partial charge in [0.1, 0.15) is 23.3 Å². The quantitative estimate of drug-likeness (QED) is 0.0213.